The van der Waals surface area contributed by atoms with Gasteiger partial charge in [0, 0.05) is 21.7 Å². The molecule has 1 unspecified atom stereocenters. The van der Waals surface area contributed by atoms with Crippen molar-refractivity contribution in [3.8, 4) is 27.9 Å². The highest BCUT2D eigenvalue weighted by Crippen LogP contribution is 2.46. The van der Waals surface area contributed by atoms with E-state index in [-0.39, 0.29) is 21.7 Å². The average Bonchev–Trinajstić information content (AvgIpc) is 3.33. The molecule has 1 atom stereocenters. The third-order valence-corrected chi connectivity index (χ3v) is 12.0. The van der Waals surface area contributed by atoms with Crippen LogP contribution < -0.4 is 0 Å². The van der Waals surface area contributed by atoms with E-state index in [0.29, 0.717) is 5.92 Å². The fourth-order valence-electron chi connectivity index (χ4n) is 7.12. The van der Waals surface area contributed by atoms with E-state index in [0.717, 1.165) is 10.4 Å². The lowest BCUT2D eigenvalue weighted by Crippen LogP contribution is -2.17. The van der Waals surface area contributed by atoms with Crippen LogP contribution in [0.25, 0.3) is 27.9 Å². The SMILES string of the molecule is CCCCC1CCCc2c1sc(=S)n2-c1c(-c2cc(C(C)(C)C)cc(C(C)(C)C)c2)cccc1-c1cc(C(C)(C)C)cc(C(C)(C)C)c1. The second kappa shape index (κ2) is 13.3. The highest BCUT2D eigenvalue weighted by atomic mass is 32.1. The van der Waals surface area contributed by atoms with Crippen molar-refractivity contribution in [2.24, 2.45) is 0 Å². The maximum Gasteiger partial charge on any atom is 0.166 e. The lowest BCUT2D eigenvalue weighted by molar-refractivity contribution is 0.501. The van der Waals surface area contributed by atoms with Crippen molar-refractivity contribution in [1.29, 1.82) is 0 Å². The predicted molar refractivity (Wildman–Crippen MR) is 215 cm³/mol. The Labute approximate surface area is 302 Å². The monoisotopic (exact) mass is 679 g/mol. The first-order chi connectivity index (χ1) is 22.2. The van der Waals surface area contributed by atoms with Crippen LogP contribution >= 0.6 is 23.6 Å². The number of hydrogen-bond acceptors (Lipinski definition) is 2. The van der Waals surface area contributed by atoms with Gasteiger partial charge >= 0.3 is 0 Å². The summed E-state index contributed by atoms with van der Waals surface area (Å²) >= 11 is 8.29. The lowest BCUT2D eigenvalue weighted by Gasteiger charge is -2.29. The molecule has 5 rings (SSSR count). The van der Waals surface area contributed by atoms with E-state index in [4.69, 9.17) is 12.2 Å². The molecular weight excluding hydrogens is 619 g/mol. The maximum absolute atomic E-state index is 6.41. The quantitative estimate of drug-likeness (QED) is 0.184. The van der Waals surface area contributed by atoms with Crippen LogP contribution in [0.1, 0.15) is 161 Å². The Morgan fingerprint density at radius 1 is 0.688 bits per heavy atom. The van der Waals surface area contributed by atoms with Crippen molar-refractivity contribution in [3.05, 3.63) is 91.4 Å². The highest BCUT2D eigenvalue weighted by molar-refractivity contribution is 7.73. The summed E-state index contributed by atoms with van der Waals surface area (Å²) in [7, 11) is 0. The van der Waals surface area contributed by atoms with E-state index in [1.165, 1.54) is 92.9 Å². The highest BCUT2D eigenvalue weighted by Gasteiger charge is 2.30. The molecule has 0 aliphatic heterocycles. The van der Waals surface area contributed by atoms with Crippen molar-refractivity contribution < 1.29 is 0 Å². The van der Waals surface area contributed by atoms with Gasteiger partial charge in [-0.25, -0.2) is 0 Å². The van der Waals surface area contributed by atoms with Crippen LogP contribution in [-0.2, 0) is 28.1 Å². The molecule has 0 saturated heterocycles. The molecule has 0 spiro atoms. The number of fused-ring (bicyclic) bond motifs is 1. The molecule has 4 aromatic rings. The number of para-hydroxylation sites is 1. The van der Waals surface area contributed by atoms with Gasteiger partial charge in [-0.1, -0.05) is 157 Å². The molecule has 1 aliphatic rings. The molecule has 0 saturated carbocycles. The molecule has 258 valence electrons. The van der Waals surface area contributed by atoms with Gasteiger partial charge < -0.3 is 0 Å². The summed E-state index contributed by atoms with van der Waals surface area (Å²) in [5.74, 6) is 0.616. The molecular formula is C45H61NS2. The Kier molecular flexibility index (Phi) is 10.2. The number of hydrogen-bond donors (Lipinski definition) is 0. The van der Waals surface area contributed by atoms with Crippen molar-refractivity contribution in [2.75, 3.05) is 0 Å². The zero-order chi connectivity index (χ0) is 35.4. The summed E-state index contributed by atoms with van der Waals surface area (Å²) in [6.45, 7) is 30.4. The molecule has 3 heteroatoms. The summed E-state index contributed by atoms with van der Waals surface area (Å²) in [6, 6.07) is 21.7. The van der Waals surface area contributed by atoms with Crippen LogP contribution in [-0.4, -0.2) is 4.57 Å². The van der Waals surface area contributed by atoms with Crippen LogP contribution in [0.2, 0.25) is 0 Å². The van der Waals surface area contributed by atoms with Gasteiger partial charge in [0.05, 0.1) is 5.69 Å². The number of rotatable bonds is 6. The van der Waals surface area contributed by atoms with Crippen molar-refractivity contribution in [2.45, 2.75) is 156 Å². The Balaban J connectivity index is 1.91. The molecule has 1 heterocycles. The van der Waals surface area contributed by atoms with Gasteiger partial charge in [0.25, 0.3) is 0 Å². The predicted octanol–water partition coefficient (Wildman–Crippen LogP) is 14.4. The first-order valence-corrected chi connectivity index (χ1v) is 19.6. The van der Waals surface area contributed by atoms with E-state index >= 15 is 0 Å². The summed E-state index contributed by atoms with van der Waals surface area (Å²) in [6.07, 6.45) is 7.38. The maximum atomic E-state index is 6.41. The number of aromatic nitrogens is 1. The molecule has 1 aliphatic carbocycles. The summed E-state index contributed by atoms with van der Waals surface area (Å²) < 4.78 is 3.52. The molecule has 48 heavy (non-hydrogen) atoms. The van der Waals surface area contributed by atoms with Crippen LogP contribution in [0.5, 0.6) is 0 Å². The second-order valence-electron chi connectivity index (χ2n) is 18.5. The Hall–Kier alpha value is -2.49. The van der Waals surface area contributed by atoms with Crippen LogP contribution in [0.15, 0.2) is 54.6 Å². The third kappa shape index (κ3) is 7.63. The molecule has 0 amide bonds. The number of thiazole rings is 1. The molecule has 0 radical (unpaired) electrons. The van der Waals surface area contributed by atoms with Gasteiger partial charge in [-0.2, -0.15) is 0 Å². The number of nitrogens with zero attached hydrogens (tertiary/aromatic N) is 1. The van der Waals surface area contributed by atoms with E-state index in [9.17, 15) is 0 Å². The topological polar surface area (TPSA) is 4.93 Å². The first kappa shape index (κ1) is 36.8. The van der Waals surface area contributed by atoms with Crippen LogP contribution in [0, 0.1) is 3.95 Å². The van der Waals surface area contributed by atoms with Gasteiger partial charge in [-0.3, -0.25) is 4.57 Å². The Morgan fingerprint density at radius 2 is 1.12 bits per heavy atom. The van der Waals surface area contributed by atoms with Crippen LogP contribution in [0.3, 0.4) is 0 Å². The third-order valence-electron chi connectivity index (χ3n) is 10.4. The number of unbranched alkanes of at least 4 members (excludes halogenated alkanes) is 1. The fraction of sp³-hybridized carbons (Fsp3) is 0.533. The van der Waals surface area contributed by atoms with Gasteiger partial charge in [0.1, 0.15) is 0 Å². The fourth-order valence-corrected chi connectivity index (χ4v) is 8.79. The molecule has 3 aromatic carbocycles. The lowest BCUT2D eigenvalue weighted by atomic mass is 9.77. The summed E-state index contributed by atoms with van der Waals surface area (Å²) in [4.78, 5) is 1.54. The first-order valence-electron chi connectivity index (χ1n) is 18.4. The minimum Gasteiger partial charge on any atom is -0.294 e. The molecule has 1 nitrogen and oxygen atoms in total. The van der Waals surface area contributed by atoms with Gasteiger partial charge in [0.2, 0.25) is 0 Å². The molecule has 1 aromatic heterocycles. The largest absolute Gasteiger partial charge is 0.294 e. The summed E-state index contributed by atoms with van der Waals surface area (Å²) in [5, 5.41) is 0. The Bertz CT molecular complexity index is 1680. The summed E-state index contributed by atoms with van der Waals surface area (Å²) in [5.41, 5.74) is 13.4. The van der Waals surface area contributed by atoms with Crippen molar-refractivity contribution in [1.82, 2.24) is 4.57 Å². The number of benzene rings is 3. The van der Waals surface area contributed by atoms with Gasteiger partial charge in [-0.15, -0.1) is 11.3 Å². The van der Waals surface area contributed by atoms with Crippen LogP contribution in [0.4, 0.5) is 0 Å². The van der Waals surface area contributed by atoms with Gasteiger partial charge in [0.15, 0.2) is 3.95 Å². The molecule has 0 fully saturated rings. The van der Waals surface area contributed by atoms with E-state index in [1.807, 2.05) is 11.3 Å². The van der Waals surface area contributed by atoms with E-state index in [1.54, 1.807) is 0 Å². The van der Waals surface area contributed by atoms with Crippen molar-refractivity contribution in [3.63, 3.8) is 0 Å². The van der Waals surface area contributed by atoms with E-state index in [2.05, 4.69) is 149 Å². The standard InChI is InChI=1S/C45H61NS2/c1-14-15-18-29-19-16-22-38-40(29)48-41(47)46(38)39-36(30-23-32(42(2,3)4)27-33(24-30)43(5,6)7)20-17-21-37(39)31-25-34(44(8,9)10)28-35(26-31)45(11,12)13/h17,20-21,23-29H,14-16,18-19,22H2,1-13H3. The molecule has 0 bridgehead atoms. The average molecular weight is 680 g/mol. The zero-order valence-corrected chi connectivity index (χ0v) is 33.9. The van der Waals surface area contributed by atoms with Gasteiger partial charge in [-0.05, 0) is 98.9 Å². The minimum absolute atomic E-state index is 0.0286. The Morgan fingerprint density at radius 3 is 1.52 bits per heavy atom. The molecule has 0 N–H and O–H groups in total. The van der Waals surface area contributed by atoms with Crippen molar-refractivity contribution >= 4 is 23.6 Å². The zero-order valence-electron chi connectivity index (χ0n) is 32.3. The van der Waals surface area contributed by atoms with E-state index < -0.39 is 0 Å². The minimum atomic E-state index is 0.0286. The second-order valence-corrected chi connectivity index (χ2v) is 20.2. The smallest absolute Gasteiger partial charge is 0.166 e. The normalized spacial score (nSPS) is 15.9.